The molecule has 1 aromatic heterocycles. The van der Waals surface area contributed by atoms with E-state index in [0.717, 1.165) is 4.57 Å². The van der Waals surface area contributed by atoms with Gasteiger partial charge in [0.2, 0.25) is 11.8 Å². The Hall–Kier alpha value is -2.98. The van der Waals surface area contributed by atoms with Gasteiger partial charge in [-0.05, 0) is 11.6 Å². The lowest BCUT2D eigenvalue weighted by Crippen LogP contribution is -2.42. The maximum absolute atomic E-state index is 12.7. The number of nitrogens with two attached hydrogens (primary N) is 1. The van der Waals surface area contributed by atoms with Crippen LogP contribution >= 0.6 is 11.6 Å². The molecule has 7 nitrogen and oxygen atoms in total. The molecule has 1 aromatic carbocycles. The van der Waals surface area contributed by atoms with Gasteiger partial charge in [0.1, 0.15) is 11.6 Å². The first-order chi connectivity index (χ1) is 11.4. The number of hydrogen-bond donors (Lipinski definition) is 1. The normalized spacial score (nSPS) is 16.3. The van der Waals surface area contributed by atoms with Crippen molar-refractivity contribution in [3.05, 3.63) is 72.7 Å². The van der Waals surface area contributed by atoms with Crippen molar-refractivity contribution < 1.29 is 4.74 Å². The second-order valence-corrected chi connectivity index (χ2v) is 5.78. The van der Waals surface area contributed by atoms with Crippen molar-refractivity contribution in [3.63, 3.8) is 0 Å². The van der Waals surface area contributed by atoms with Gasteiger partial charge in [0.25, 0.3) is 5.56 Å². The monoisotopic (exact) mass is 344 g/mol. The van der Waals surface area contributed by atoms with Crippen LogP contribution in [-0.4, -0.2) is 9.13 Å². The molecule has 0 radical (unpaired) electrons. The van der Waals surface area contributed by atoms with E-state index in [4.69, 9.17) is 22.1 Å². The maximum atomic E-state index is 12.7. The van der Waals surface area contributed by atoms with Crippen molar-refractivity contribution >= 4 is 11.6 Å². The zero-order chi connectivity index (χ0) is 17.6. The second kappa shape index (κ2) is 5.58. The zero-order valence-electron chi connectivity index (χ0n) is 12.9. The number of hydrogen-bond acceptors (Lipinski definition) is 5. The molecule has 0 fully saturated rings. The Bertz CT molecular complexity index is 1040. The predicted octanol–water partition coefficient (Wildman–Crippen LogP) is 0.956. The molecule has 0 amide bonds. The Morgan fingerprint density at radius 1 is 1.25 bits per heavy atom. The Kier molecular flexibility index (Phi) is 3.70. The summed E-state index contributed by atoms with van der Waals surface area (Å²) < 4.78 is 7.56. The summed E-state index contributed by atoms with van der Waals surface area (Å²) in [5.74, 6) is -0.944. The molecule has 0 bridgehead atoms. The molecule has 0 aliphatic carbocycles. The highest BCUT2D eigenvalue weighted by atomic mass is 35.5. The lowest BCUT2D eigenvalue weighted by molar-refractivity contribution is 0.348. The first-order valence-electron chi connectivity index (χ1n) is 7.00. The zero-order valence-corrected chi connectivity index (χ0v) is 13.7. The molecular weight excluding hydrogens is 332 g/mol. The highest BCUT2D eigenvalue weighted by Crippen LogP contribution is 2.41. The Balaban J connectivity index is 2.47. The van der Waals surface area contributed by atoms with Gasteiger partial charge in [0, 0.05) is 19.1 Å². The number of allylic oxidation sites excluding steroid dienone is 1. The lowest BCUT2D eigenvalue weighted by Gasteiger charge is -2.27. The van der Waals surface area contributed by atoms with Gasteiger partial charge in [0.15, 0.2) is 0 Å². The van der Waals surface area contributed by atoms with Crippen LogP contribution in [0.1, 0.15) is 17.0 Å². The third kappa shape index (κ3) is 2.12. The summed E-state index contributed by atoms with van der Waals surface area (Å²) in [6.07, 6.45) is 0. The summed E-state index contributed by atoms with van der Waals surface area (Å²) in [6.45, 7) is 0. The number of fused-ring (bicyclic) bond motifs is 1. The van der Waals surface area contributed by atoms with Crippen molar-refractivity contribution in [1.82, 2.24) is 9.13 Å². The molecule has 3 rings (SSSR count). The van der Waals surface area contributed by atoms with Crippen LogP contribution in [-0.2, 0) is 14.1 Å². The van der Waals surface area contributed by atoms with Crippen LogP contribution in [0.2, 0.25) is 5.02 Å². The number of nitriles is 1. The molecule has 2 N–H and O–H groups in total. The third-order valence-electron chi connectivity index (χ3n) is 4.03. The van der Waals surface area contributed by atoms with Gasteiger partial charge in [-0.2, -0.15) is 5.26 Å². The average Bonchev–Trinajstić information content (AvgIpc) is 2.57. The molecular formula is C16H13ClN4O3. The average molecular weight is 345 g/mol. The van der Waals surface area contributed by atoms with Gasteiger partial charge in [0.05, 0.1) is 11.5 Å². The highest BCUT2D eigenvalue weighted by Gasteiger charge is 2.36. The summed E-state index contributed by atoms with van der Waals surface area (Å²) in [7, 11) is 2.83. The fourth-order valence-corrected chi connectivity index (χ4v) is 3.05. The molecule has 0 saturated heterocycles. The molecule has 24 heavy (non-hydrogen) atoms. The minimum absolute atomic E-state index is 0.0181. The minimum atomic E-state index is -0.807. The van der Waals surface area contributed by atoms with Crippen LogP contribution in [0.15, 0.2) is 45.3 Å². The molecule has 1 atom stereocenters. The number of ether oxygens (including phenoxy) is 1. The molecule has 2 aromatic rings. The standard InChI is InChI=1S/C16H13ClN4O3/c1-20-14(22)12-11(8-5-3-4-6-10(8)17)9(7-18)13(19)24-15(12)21(2)16(20)23/h3-6,11H,19H2,1-2H3/t11-/m1/s1. The first kappa shape index (κ1) is 15.9. The largest absolute Gasteiger partial charge is 0.423 e. The fraction of sp³-hybridized carbons (Fsp3) is 0.188. The van der Waals surface area contributed by atoms with E-state index in [1.165, 1.54) is 18.7 Å². The molecule has 1 aliphatic rings. The van der Waals surface area contributed by atoms with Gasteiger partial charge in [-0.15, -0.1) is 0 Å². The van der Waals surface area contributed by atoms with Crippen molar-refractivity contribution in [2.45, 2.75) is 5.92 Å². The number of aromatic nitrogens is 2. The summed E-state index contributed by atoms with van der Waals surface area (Å²) in [6, 6.07) is 8.83. The Labute approximate surface area is 141 Å². The Morgan fingerprint density at radius 2 is 1.92 bits per heavy atom. The molecule has 8 heteroatoms. The van der Waals surface area contributed by atoms with Gasteiger partial charge in [-0.3, -0.25) is 13.9 Å². The fourth-order valence-electron chi connectivity index (χ4n) is 2.81. The van der Waals surface area contributed by atoms with E-state index in [2.05, 4.69) is 0 Å². The maximum Gasteiger partial charge on any atom is 0.333 e. The van der Waals surface area contributed by atoms with E-state index < -0.39 is 17.2 Å². The van der Waals surface area contributed by atoms with Gasteiger partial charge < -0.3 is 10.5 Å². The number of halogens is 1. The smallest absolute Gasteiger partial charge is 0.333 e. The van der Waals surface area contributed by atoms with Crippen LogP contribution in [0.5, 0.6) is 5.88 Å². The minimum Gasteiger partial charge on any atom is -0.423 e. The molecule has 1 aliphatic heterocycles. The van der Waals surface area contributed by atoms with Crippen molar-refractivity contribution in [1.29, 1.82) is 5.26 Å². The number of nitrogens with zero attached hydrogens (tertiary/aromatic N) is 3. The summed E-state index contributed by atoms with van der Waals surface area (Å²) in [5.41, 5.74) is 5.52. The SMILES string of the molecule is Cn1c2c(c(=O)n(C)c1=O)[C@H](c1ccccc1Cl)C(C#N)=C(N)O2. The molecule has 122 valence electrons. The van der Waals surface area contributed by atoms with E-state index in [9.17, 15) is 14.9 Å². The quantitative estimate of drug-likeness (QED) is 0.829. The van der Waals surface area contributed by atoms with E-state index >= 15 is 0 Å². The Morgan fingerprint density at radius 3 is 2.54 bits per heavy atom. The van der Waals surface area contributed by atoms with Gasteiger partial charge in [-0.25, -0.2) is 4.79 Å². The first-order valence-corrected chi connectivity index (χ1v) is 7.38. The van der Waals surface area contributed by atoms with Crippen molar-refractivity contribution in [3.8, 4) is 11.9 Å². The lowest BCUT2D eigenvalue weighted by atomic mass is 9.85. The molecule has 0 saturated carbocycles. The van der Waals surface area contributed by atoms with E-state index in [-0.39, 0.29) is 22.9 Å². The van der Waals surface area contributed by atoms with Crippen LogP contribution < -0.4 is 21.7 Å². The third-order valence-corrected chi connectivity index (χ3v) is 4.37. The van der Waals surface area contributed by atoms with Gasteiger partial charge >= 0.3 is 5.69 Å². The van der Waals surface area contributed by atoms with E-state index in [1.54, 1.807) is 24.3 Å². The van der Waals surface area contributed by atoms with Crippen molar-refractivity contribution in [2.75, 3.05) is 0 Å². The van der Waals surface area contributed by atoms with E-state index in [1.807, 2.05) is 6.07 Å². The van der Waals surface area contributed by atoms with Crippen LogP contribution in [0, 0.1) is 11.3 Å². The second-order valence-electron chi connectivity index (χ2n) is 5.37. The summed E-state index contributed by atoms with van der Waals surface area (Å²) in [4.78, 5) is 24.8. The number of benzene rings is 1. The summed E-state index contributed by atoms with van der Waals surface area (Å²) in [5, 5.41) is 9.89. The van der Waals surface area contributed by atoms with Crippen molar-refractivity contribution in [2.24, 2.45) is 19.8 Å². The van der Waals surface area contributed by atoms with Gasteiger partial charge in [-0.1, -0.05) is 29.8 Å². The highest BCUT2D eigenvalue weighted by molar-refractivity contribution is 6.31. The van der Waals surface area contributed by atoms with Crippen LogP contribution in [0.4, 0.5) is 0 Å². The number of rotatable bonds is 1. The summed E-state index contributed by atoms with van der Waals surface area (Å²) >= 11 is 6.27. The predicted molar refractivity (Wildman–Crippen MR) is 87.7 cm³/mol. The van der Waals surface area contributed by atoms with Crippen LogP contribution in [0.25, 0.3) is 0 Å². The van der Waals surface area contributed by atoms with E-state index in [0.29, 0.717) is 10.6 Å². The molecule has 0 unspecified atom stereocenters. The topological polar surface area (TPSA) is 103 Å². The molecule has 0 spiro atoms. The molecule has 2 heterocycles. The van der Waals surface area contributed by atoms with Crippen LogP contribution in [0.3, 0.4) is 0 Å².